The summed E-state index contributed by atoms with van der Waals surface area (Å²) in [6.45, 7) is -0.278. The smallest absolute Gasteiger partial charge is 0.317 e. The zero-order valence-corrected chi connectivity index (χ0v) is 8.17. The topological polar surface area (TPSA) is 80.4 Å². The van der Waals surface area contributed by atoms with E-state index in [2.05, 4.69) is 5.73 Å². The van der Waals surface area contributed by atoms with Gasteiger partial charge in [-0.15, -0.1) is 0 Å². The van der Waals surface area contributed by atoms with Crippen molar-refractivity contribution in [1.29, 1.82) is 0 Å². The number of carboxylic acid groups (broad SMARTS) is 1. The van der Waals surface area contributed by atoms with Crippen molar-refractivity contribution in [2.45, 2.75) is 0 Å². The molecule has 0 aliphatic rings. The summed E-state index contributed by atoms with van der Waals surface area (Å²) < 4.78 is 0. The minimum Gasteiger partial charge on any atom is -0.480 e. The van der Waals surface area contributed by atoms with Crippen LogP contribution in [0.4, 0.5) is 0 Å². The second-order valence-corrected chi connectivity index (χ2v) is 2.50. The SMILES string of the molecule is NCC(=O)O.O=CC=Cc1ccccc1. The number of carboxylic acids is 1. The number of carbonyl (C=O) groups excluding carboxylic acids is 1. The van der Waals surface area contributed by atoms with Crippen LogP contribution in [0.5, 0.6) is 0 Å². The van der Waals surface area contributed by atoms with Crippen LogP contribution in [0.15, 0.2) is 36.4 Å². The van der Waals surface area contributed by atoms with E-state index >= 15 is 0 Å². The third-order valence-electron chi connectivity index (χ3n) is 1.34. The van der Waals surface area contributed by atoms with Crippen LogP contribution < -0.4 is 5.73 Å². The van der Waals surface area contributed by atoms with Gasteiger partial charge < -0.3 is 10.8 Å². The van der Waals surface area contributed by atoms with Crippen LogP contribution in [0.3, 0.4) is 0 Å². The molecule has 4 heteroatoms. The number of hydrogen-bond acceptors (Lipinski definition) is 3. The first kappa shape index (κ1) is 13.1. The van der Waals surface area contributed by atoms with Gasteiger partial charge >= 0.3 is 5.97 Å². The number of carbonyl (C=O) groups is 2. The van der Waals surface area contributed by atoms with E-state index in [0.29, 0.717) is 0 Å². The van der Waals surface area contributed by atoms with Crippen molar-refractivity contribution in [1.82, 2.24) is 0 Å². The maximum absolute atomic E-state index is 9.89. The molecular weight excluding hydrogens is 194 g/mol. The summed E-state index contributed by atoms with van der Waals surface area (Å²) in [7, 11) is 0. The van der Waals surface area contributed by atoms with Crippen molar-refractivity contribution in [2.75, 3.05) is 6.54 Å². The number of benzene rings is 1. The monoisotopic (exact) mass is 207 g/mol. The molecular formula is C11H13NO3. The highest BCUT2D eigenvalue weighted by Gasteiger charge is 1.81. The Balaban J connectivity index is 0.000000336. The maximum atomic E-state index is 9.89. The lowest BCUT2D eigenvalue weighted by Crippen LogP contribution is -2.10. The zero-order chi connectivity index (χ0) is 11.5. The second-order valence-electron chi connectivity index (χ2n) is 2.50. The van der Waals surface area contributed by atoms with Gasteiger partial charge in [-0.25, -0.2) is 0 Å². The number of allylic oxidation sites excluding steroid dienone is 1. The molecule has 1 rings (SSSR count). The van der Waals surface area contributed by atoms with Crippen LogP contribution in [0.1, 0.15) is 5.56 Å². The van der Waals surface area contributed by atoms with Gasteiger partial charge in [-0.1, -0.05) is 36.4 Å². The lowest BCUT2D eigenvalue weighted by molar-refractivity contribution is -0.135. The second kappa shape index (κ2) is 8.65. The van der Waals surface area contributed by atoms with E-state index in [1.54, 1.807) is 6.08 Å². The third-order valence-corrected chi connectivity index (χ3v) is 1.34. The van der Waals surface area contributed by atoms with Crippen LogP contribution in [0.25, 0.3) is 6.08 Å². The summed E-state index contributed by atoms with van der Waals surface area (Å²) in [6, 6.07) is 9.70. The van der Waals surface area contributed by atoms with E-state index < -0.39 is 5.97 Å². The Kier molecular flexibility index (Phi) is 7.53. The molecule has 0 heterocycles. The minimum atomic E-state index is -0.968. The molecule has 1 aromatic rings. The third kappa shape index (κ3) is 8.39. The Bertz CT molecular complexity index is 320. The van der Waals surface area contributed by atoms with Crippen molar-refractivity contribution in [3.05, 3.63) is 42.0 Å². The summed E-state index contributed by atoms with van der Waals surface area (Å²) in [4.78, 5) is 19.1. The van der Waals surface area contributed by atoms with Crippen molar-refractivity contribution < 1.29 is 14.7 Å². The lowest BCUT2D eigenvalue weighted by Gasteiger charge is -1.86. The van der Waals surface area contributed by atoms with Gasteiger partial charge in [0.2, 0.25) is 0 Å². The van der Waals surface area contributed by atoms with Crippen LogP contribution in [-0.2, 0) is 9.59 Å². The summed E-state index contributed by atoms with van der Waals surface area (Å²) in [5, 5.41) is 7.60. The Morgan fingerprint density at radius 3 is 2.27 bits per heavy atom. The Hall–Kier alpha value is -1.94. The molecule has 3 N–H and O–H groups in total. The van der Waals surface area contributed by atoms with E-state index in [0.717, 1.165) is 11.8 Å². The molecule has 0 amide bonds. The van der Waals surface area contributed by atoms with Gasteiger partial charge in [0.15, 0.2) is 0 Å². The van der Waals surface area contributed by atoms with Gasteiger partial charge in [0.05, 0.1) is 6.54 Å². The van der Waals surface area contributed by atoms with Crippen LogP contribution >= 0.6 is 0 Å². The molecule has 0 saturated heterocycles. The number of nitrogens with two attached hydrogens (primary N) is 1. The average molecular weight is 207 g/mol. The Labute approximate surface area is 88.0 Å². The van der Waals surface area contributed by atoms with Gasteiger partial charge in [0.1, 0.15) is 6.29 Å². The summed E-state index contributed by atoms with van der Waals surface area (Å²) in [6.07, 6.45) is 4.02. The van der Waals surface area contributed by atoms with Gasteiger partial charge in [-0.3, -0.25) is 9.59 Å². The number of hydrogen-bond donors (Lipinski definition) is 2. The Morgan fingerprint density at radius 2 is 1.87 bits per heavy atom. The Morgan fingerprint density at radius 1 is 1.33 bits per heavy atom. The average Bonchev–Trinajstić information content (AvgIpc) is 2.28. The van der Waals surface area contributed by atoms with Crippen LogP contribution in [0.2, 0.25) is 0 Å². The fourth-order valence-electron chi connectivity index (χ4n) is 0.715. The molecule has 0 atom stereocenters. The van der Waals surface area contributed by atoms with Crippen molar-refractivity contribution >= 4 is 18.3 Å². The van der Waals surface area contributed by atoms with Gasteiger partial charge in [0, 0.05) is 0 Å². The molecule has 0 aromatic heterocycles. The summed E-state index contributed by atoms with van der Waals surface area (Å²) in [5.41, 5.74) is 5.62. The molecule has 1 aromatic carbocycles. The number of aliphatic carboxylic acids is 1. The summed E-state index contributed by atoms with van der Waals surface area (Å²) in [5.74, 6) is -0.968. The molecule has 0 aliphatic heterocycles. The van der Waals surface area contributed by atoms with E-state index in [9.17, 15) is 9.59 Å². The molecule has 0 bridgehead atoms. The standard InChI is InChI=1S/C9H8O.C2H5NO2/c10-8-4-7-9-5-2-1-3-6-9;3-1-2(4)5/h1-8H;1,3H2,(H,4,5). The van der Waals surface area contributed by atoms with Crippen molar-refractivity contribution in [2.24, 2.45) is 5.73 Å². The molecule has 4 nitrogen and oxygen atoms in total. The molecule has 80 valence electrons. The molecule has 0 fully saturated rings. The quantitative estimate of drug-likeness (QED) is 0.570. The first-order chi connectivity index (χ1) is 7.20. The first-order valence-electron chi connectivity index (χ1n) is 4.29. The predicted octanol–water partition coefficient (Wildman–Crippen LogP) is 0.928. The summed E-state index contributed by atoms with van der Waals surface area (Å²) >= 11 is 0. The van der Waals surface area contributed by atoms with Gasteiger partial charge in [0.25, 0.3) is 0 Å². The zero-order valence-electron chi connectivity index (χ0n) is 8.17. The largest absolute Gasteiger partial charge is 0.480 e. The number of aldehydes is 1. The molecule has 15 heavy (non-hydrogen) atoms. The highest BCUT2D eigenvalue weighted by Crippen LogP contribution is 1.99. The van der Waals surface area contributed by atoms with E-state index in [1.807, 2.05) is 30.3 Å². The molecule has 0 radical (unpaired) electrons. The predicted molar refractivity (Wildman–Crippen MR) is 58.2 cm³/mol. The van der Waals surface area contributed by atoms with Crippen LogP contribution in [0, 0.1) is 0 Å². The van der Waals surface area contributed by atoms with Crippen LogP contribution in [-0.4, -0.2) is 23.9 Å². The van der Waals surface area contributed by atoms with E-state index in [1.165, 1.54) is 6.08 Å². The fourth-order valence-corrected chi connectivity index (χ4v) is 0.715. The lowest BCUT2D eigenvalue weighted by atomic mass is 10.2. The van der Waals surface area contributed by atoms with E-state index in [4.69, 9.17) is 5.11 Å². The highest BCUT2D eigenvalue weighted by atomic mass is 16.4. The van der Waals surface area contributed by atoms with E-state index in [-0.39, 0.29) is 6.54 Å². The molecule has 0 aliphatic carbocycles. The van der Waals surface area contributed by atoms with Gasteiger partial charge in [-0.05, 0) is 11.6 Å². The fraction of sp³-hybridized carbons (Fsp3) is 0.0909. The molecule has 0 saturated carbocycles. The molecule has 0 spiro atoms. The maximum Gasteiger partial charge on any atom is 0.317 e. The first-order valence-corrected chi connectivity index (χ1v) is 4.29. The number of rotatable bonds is 3. The molecule has 0 unspecified atom stereocenters. The van der Waals surface area contributed by atoms with Crippen molar-refractivity contribution in [3.63, 3.8) is 0 Å². The normalized spacial score (nSPS) is 9.13. The highest BCUT2D eigenvalue weighted by molar-refractivity contribution is 5.73. The van der Waals surface area contributed by atoms with Gasteiger partial charge in [-0.2, -0.15) is 0 Å². The minimum absolute atomic E-state index is 0.278. The van der Waals surface area contributed by atoms with Crippen molar-refractivity contribution in [3.8, 4) is 0 Å².